The average molecular weight is 329 g/mol. The maximum absolute atomic E-state index is 12.0. The first-order valence-corrected chi connectivity index (χ1v) is 7.58. The normalized spacial score (nSPS) is 18.5. The standard InChI is InChI=1S/C15H18Cl2N2O2/c1-15(2,9-3-4-10(16)11(17)7-9)8-18-14(21)12-5-6-13(20)19-12/h3-4,7,12H,5-6,8H2,1-2H3,(H,18,21)(H,19,20). The zero-order valence-corrected chi connectivity index (χ0v) is 13.5. The van der Waals surface area contributed by atoms with E-state index in [2.05, 4.69) is 10.6 Å². The summed E-state index contributed by atoms with van der Waals surface area (Å²) in [5.74, 6) is -0.215. The van der Waals surface area contributed by atoms with Crippen molar-refractivity contribution in [3.8, 4) is 0 Å². The molecule has 0 spiro atoms. The molecule has 6 heteroatoms. The molecule has 1 heterocycles. The number of hydrogen-bond donors (Lipinski definition) is 2. The summed E-state index contributed by atoms with van der Waals surface area (Å²) in [6.45, 7) is 4.48. The van der Waals surface area contributed by atoms with Gasteiger partial charge in [0.1, 0.15) is 6.04 Å². The van der Waals surface area contributed by atoms with Crippen molar-refractivity contribution >= 4 is 35.0 Å². The molecule has 1 saturated heterocycles. The number of carbonyl (C=O) groups is 2. The molecule has 2 N–H and O–H groups in total. The van der Waals surface area contributed by atoms with Crippen LogP contribution in [0.5, 0.6) is 0 Å². The highest BCUT2D eigenvalue weighted by Gasteiger charge is 2.29. The molecule has 2 amide bonds. The smallest absolute Gasteiger partial charge is 0.242 e. The van der Waals surface area contributed by atoms with Crippen molar-refractivity contribution in [2.75, 3.05) is 6.54 Å². The number of benzene rings is 1. The summed E-state index contributed by atoms with van der Waals surface area (Å²) in [5.41, 5.74) is 0.708. The number of nitrogens with one attached hydrogen (secondary N) is 2. The van der Waals surface area contributed by atoms with E-state index in [0.29, 0.717) is 29.4 Å². The molecule has 1 aromatic carbocycles. The Hall–Kier alpha value is -1.26. The molecule has 0 aromatic heterocycles. The minimum atomic E-state index is -0.415. The quantitative estimate of drug-likeness (QED) is 0.892. The Morgan fingerprint density at radius 2 is 2.10 bits per heavy atom. The van der Waals surface area contributed by atoms with Crippen LogP contribution >= 0.6 is 23.2 Å². The number of hydrogen-bond acceptors (Lipinski definition) is 2. The van der Waals surface area contributed by atoms with Gasteiger partial charge in [-0.2, -0.15) is 0 Å². The molecule has 21 heavy (non-hydrogen) atoms. The van der Waals surface area contributed by atoms with Crippen LogP contribution in [-0.2, 0) is 15.0 Å². The largest absolute Gasteiger partial charge is 0.353 e. The van der Waals surface area contributed by atoms with E-state index in [4.69, 9.17) is 23.2 Å². The molecule has 0 bridgehead atoms. The molecule has 4 nitrogen and oxygen atoms in total. The van der Waals surface area contributed by atoms with Gasteiger partial charge >= 0.3 is 0 Å². The number of rotatable bonds is 4. The fourth-order valence-corrected chi connectivity index (χ4v) is 2.56. The molecule has 2 rings (SSSR count). The molecule has 0 radical (unpaired) electrons. The summed E-state index contributed by atoms with van der Waals surface area (Å²) in [6, 6.07) is 5.05. The van der Waals surface area contributed by atoms with Crippen molar-refractivity contribution in [1.82, 2.24) is 10.6 Å². The minimum absolute atomic E-state index is 0.0705. The van der Waals surface area contributed by atoms with Crippen molar-refractivity contribution in [2.24, 2.45) is 0 Å². The SMILES string of the molecule is CC(C)(CNC(=O)C1CCC(=O)N1)c1ccc(Cl)c(Cl)c1. The lowest BCUT2D eigenvalue weighted by Gasteiger charge is -2.26. The monoisotopic (exact) mass is 328 g/mol. The summed E-state index contributed by atoms with van der Waals surface area (Å²) in [7, 11) is 0. The lowest BCUT2D eigenvalue weighted by Crippen LogP contribution is -2.45. The number of carbonyl (C=O) groups excluding carboxylic acids is 2. The molecule has 0 aliphatic carbocycles. The fourth-order valence-electron chi connectivity index (χ4n) is 2.26. The van der Waals surface area contributed by atoms with Gasteiger partial charge in [-0.05, 0) is 24.1 Å². The van der Waals surface area contributed by atoms with Gasteiger partial charge in [0, 0.05) is 18.4 Å². The van der Waals surface area contributed by atoms with Crippen LogP contribution in [-0.4, -0.2) is 24.4 Å². The molecule has 1 fully saturated rings. The maximum Gasteiger partial charge on any atom is 0.242 e. The van der Waals surface area contributed by atoms with E-state index in [0.717, 1.165) is 5.56 Å². The van der Waals surface area contributed by atoms with Crippen LogP contribution in [0.25, 0.3) is 0 Å². The fraction of sp³-hybridized carbons (Fsp3) is 0.467. The van der Waals surface area contributed by atoms with Crippen molar-refractivity contribution < 1.29 is 9.59 Å². The predicted molar refractivity (Wildman–Crippen MR) is 83.7 cm³/mol. The van der Waals surface area contributed by atoms with E-state index in [1.165, 1.54) is 0 Å². The van der Waals surface area contributed by atoms with Crippen molar-refractivity contribution in [2.45, 2.75) is 38.1 Å². The Labute approximate surface area is 134 Å². The average Bonchev–Trinajstić information content (AvgIpc) is 2.86. The Balaban J connectivity index is 1.98. The van der Waals surface area contributed by atoms with Gasteiger partial charge in [0.05, 0.1) is 10.0 Å². The first-order chi connectivity index (χ1) is 9.79. The summed E-state index contributed by atoms with van der Waals surface area (Å²) in [4.78, 5) is 23.1. The number of amides is 2. The first kappa shape index (κ1) is 16.1. The van der Waals surface area contributed by atoms with Crippen LogP contribution in [0.4, 0.5) is 0 Å². The highest BCUT2D eigenvalue weighted by molar-refractivity contribution is 6.42. The zero-order chi connectivity index (χ0) is 15.6. The van der Waals surface area contributed by atoms with Gasteiger partial charge < -0.3 is 10.6 Å². The lowest BCUT2D eigenvalue weighted by atomic mass is 9.84. The van der Waals surface area contributed by atoms with Gasteiger partial charge in [-0.15, -0.1) is 0 Å². The van der Waals surface area contributed by atoms with Crippen LogP contribution < -0.4 is 10.6 Å². The highest BCUT2D eigenvalue weighted by atomic mass is 35.5. The van der Waals surface area contributed by atoms with E-state index >= 15 is 0 Å². The highest BCUT2D eigenvalue weighted by Crippen LogP contribution is 2.29. The van der Waals surface area contributed by atoms with E-state index in [1.54, 1.807) is 6.07 Å². The summed E-state index contributed by atoms with van der Waals surface area (Å²) in [6.07, 6.45) is 0.964. The van der Waals surface area contributed by atoms with Gasteiger partial charge in [0.15, 0.2) is 0 Å². The first-order valence-electron chi connectivity index (χ1n) is 6.82. The Morgan fingerprint density at radius 1 is 1.38 bits per heavy atom. The Kier molecular flexibility index (Phi) is 4.79. The Morgan fingerprint density at radius 3 is 2.67 bits per heavy atom. The van der Waals surface area contributed by atoms with Gasteiger partial charge in [-0.1, -0.05) is 43.1 Å². The second-order valence-electron chi connectivity index (χ2n) is 5.89. The zero-order valence-electron chi connectivity index (χ0n) is 12.0. The summed E-state index contributed by atoms with van der Waals surface area (Å²) in [5, 5.41) is 6.55. The summed E-state index contributed by atoms with van der Waals surface area (Å²) < 4.78 is 0. The third-order valence-electron chi connectivity index (χ3n) is 3.72. The predicted octanol–water partition coefficient (Wildman–Crippen LogP) is 2.67. The van der Waals surface area contributed by atoms with Gasteiger partial charge in [0.2, 0.25) is 11.8 Å². The second-order valence-corrected chi connectivity index (χ2v) is 6.70. The molecular formula is C15H18Cl2N2O2. The molecular weight excluding hydrogens is 311 g/mol. The van der Waals surface area contributed by atoms with Gasteiger partial charge in [-0.25, -0.2) is 0 Å². The molecule has 0 saturated carbocycles. The van der Waals surface area contributed by atoms with Crippen molar-refractivity contribution in [3.63, 3.8) is 0 Å². The van der Waals surface area contributed by atoms with Crippen LogP contribution in [0, 0.1) is 0 Å². The maximum atomic E-state index is 12.0. The molecule has 1 unspecified atom stereocenters. The van der Waals surface area contributed by atoms with Gasteiger partial charge in [-0.3, -0.25) is 9.59 Å². The van der Waals surface area contributed by atoms with Crippen molar-refractivity contribution in [3.05, 3.63) is 33.8 Å². The molecule has 1 aliphatic rings. The number of halogens is 2. The van der Waals surface area contributed by atoms with Crippen LogP contribution in [0.1, 0.15) is 32.3 Å². The van der Waals surface area contributed by atoms with Crippen LogP contribution in [0.3, 0.4) is 0 Å². The van der Waals surface area contributed by atoms with E-state index in [9.17, 15) is 9.59 Å². The van der Waals surface area contributed by atoms with E-state index in [1.807, 2.05) is 26.0 Å². The lowest BCUT2D eigenvalue weighted by molar-refractivity contribution is -0.125. The van der Waals surface area contributed by atoms with Crippen molar-refractivity contribution in [1.29, 1.82) is 0 Å². The van der Waals surface area contributed by atoms with Gasteiger partial charge in [0.25, 0.3) is 0 Å². The summed E-state index contributed by atoms with van der Waals surface area (Å²) >= 11 is 12.0. The van der Waals surface area contributed by atoms with Crippen LogP contribution in [0.2, 0.25) is 10.0 Å². The molecule has 1 aromatic rings. The minimum Gasteiger partial charge on any atom is -0.353 e. The molecule has 114 valence electrons. The molecule has 1 aliphatic heterocycles. The van der Waals surface area contributed by atoms with Crippen LogP contribution in [0.15, 0.2) is 18.2 Å². The second kappa shape index (κ2) is 6.24. The van der Waals surface area contributed by atoms with E-state index in [-0.39, 0.29) is 17.2 Å². The third kappa shape index (κ3) is 3.89. The Bertz CT molecular complexity index is 573. The van der Waals surface area contributed by atoms with E-state index < -0.39 is 6.04 Å². The topological polar surface area (TPSA) is 58.2 Å². The molecule has 1 atom stereocenters. The third-order valence-corrected chi connectivity index (χ3v) is 4.46.